The van der Waals surface area contributed by atoms with Gasteiger partial charge in [0.05, 0.1) is 6.20 Å². The Morgan fingerprint density at radius 1 is 1.37 bits per heavy atom. The van der Waals surface area contributed by atoms with Crippen LogP contribution in [0.25, 0.3) is 0 Å². The Labute approximate surface area is 110 Å². The van der Waals surface area contributed by atoms with E-state index in [0.29, 0.717) is 5.56 Å². The second-order valence-corrected chi connectivity index (χ2v) is 5.57. The number of nitrogens with zero attached hydrogens (tertiary/aromatic N) is 1. The van der Waals surface area contributed by atoms with Gasteiger partial charge in [-0.3, -0.25) is 10.5 Å². The summed E-state index contributed by atoms with van der Waals surface area (Å²) in [6.45, 7) is 0. The van der Waals surface area contributed by atoms with Crippen molar-refractivity contribution >= 4 is 15.9 Å². The van der Waals surface area contributed by atoms with E-state index in [1.807, 2.05) is 0 Å². The SMILES string of the molecule is N=C(N)C(NS(=O)(=O)c1cn[nH]c1)c1ccccc1. The average molecular weight is 279 g/mol. The largest absolute Gasteiger partial charge is 0.386 e. The van der Waals surface area contributed by atoms with Gasteiger partial charge in [0.1, 0.15) is 16.8 Å². The summed E-state index contributed by atoms with van der Waals surface area (Å²) in [4.78, 5) is -0.00492. The summed E-state index contributed by atoms with van der Waals surface area (Å²) in [6, 6.07) is 7.79. The maximum Gasteiger partial charge on any atom is 0.244 e. The Hall–Kier alpha value is -2.19. The molecule has 0 spiro atoms. The third-order valence-electron chi connectivity index (χ3n) is 2.50. The van der Waals surface area contributed by atoms with Gasteiger partial charge in [0, 0.05) is 6.20 Å². The van der Waals surface area contributed by atoms with Gasteiger partial charge in [-0.15, -0.1) is 0 Å². The van der Waals surface area contributed by atoms with E-state index in [9.17, 15) is 8.42 Å². The lowest BCUT2D eigenvalue weighted by Crippen LogP contribution is -2.37. The van der Waals surface area contributed by atoms with Crippen LogP contribution in [-0.4, -0.2) is 24.5 Å². The molecule has 1 aromatic heterocycles. The van der Waals surface area contributed by atoms with Gasteiger partial charge in [0.15, 0.2) is 0 Å². The van der Waals surface area contributed by atoms with Crippen molar-refractivity contribution < 1.29 is 8.42 Å². The number of nitrogens with two attached hydrogens (primary N) is 1. The Morgan fingerprint density at radius 3 is 2.58 bits per heavy atom. The van der Waals surface area contributed by atoms with E-state index in [0.717, 1.165) is 0 Å². The number of amidine groups is 1. The molecule has 2 aromatic rings. The van der Waals surface area contributed by atoms with Crippen molar-refractivity contribution in [2.24, 2.45) is 5.73 Å². The quantitative estimate of drug-likeness (QED) is 0.466. The summed E-state index contributed by atoms with van der Waals surface area (Å²) in [5.74, 6) is -0.279. The molecule has 0 aliphatic rings. The first-order valence-electron chi connectivity index (χ1n) is 5.40. The molecule has 19 heavy (non-hydrogen) atoms. The van der Waals surface area contributed by atoms with Crippen LogP contribution < -0.4 is 10.5 Å². The summed E-state index contributed by atoms with van der Waals surface area (Å²) in [6.07, 6.45) is 2.44. The van der Waals surface area contributed by atoms with Crippen molar-refractivity contribution in [1.29, 1.82) is 5.41 Å². The molecule has 0 aliphatic heterocycles. The molecule has 100 valence electrons. The Morgan fingerprint density at radius 2 is 2.05 bits per heavy atom. The maximum atomic E-state index is 12.1. The minimum Gasteiger partial charge on any atom is -0.386 e. The highest BCUT2D eigenvalue weighted by atomic mass is 32.2. The summed E-state index contributed by atoms with van der Waals surface area (Å²) >= 11 is 0. The molecule has 5 N–H and O–H groups in total. The van der Waals surface area contributed by atoms with Gasteiger partial charge in [-0.05, 0) is 5.56 Å². The summed E-state index contributed by atoms with van der Waals surface area (Å²) in [5.41, 5.74) is 6.06. The second kappa shape index (κ2) is 5.21. The van der Waals surface area contributed by atoms with Crippen molar-refractivity contribution in [3.63, 3.8) is 0 Å². The number of benzene rings is 1. The van der Waals surface area contributed by atoms with Crippen LogP contribution >= 0.6 is 0 Å². The Bertz CT molecular complexity index is 652. The third kappa shape index (κ3) is 2.98. The summed E-state index contributed by atoms with van der Waals surface area (Å²) in [5, 5.41) is 13.5. The molecule has 0 saturated heterocycles. The van der Waals surface area contributed by atoms with Gasteiger partial charge in [-0.25, -0.2) is 8.42 Å². The van der Waals surface area contributed by atoms with E-state index in [4.69, 9.17) is 11.1 Å². The third-order valence-corrected chi connectivity index (χ3v) is 3.89. The Kier molecular flexibility index (Phi) is 3.63. The number of aromatic nitrogens is 2. The zero-order valence-electron chi connectivity index (χ0n) is 9.87. The number of sulfonamides is 1. The van der Waals surface area contributed by atoms with Crippen LogP contribution in [0.4, 0.5) is 0 Å². The van der Waals surface area contributed by atoms with Crippen LogP contribution in [0.5, 0.6) is 0 Å². The van der Waals surface area contributed by atoms with Gasteiger partial charge in [0.2, 0.25) is 10.0 Å². The molecule has 0 bridgehead atoms. The van der Waals surface area contributed by atoms with Gasteiger partial charge in [0.25, 0.3) is 0 Å². The van der Waals surface area contributed by atoms with Crippen LogP contribution in [0.1, 0.15) is 11.6 Å². The van der Waals surface area contributed by atoms with Crippen LogP contribution in [0, 0.1) is 5.41 Å². The minimum atomic E-state index is -3.77. The molecule has 0 aliphatic carbocycles. The lowest BCUT2D eigenvalue weighted by Gasteiger charge is -2.17. The lowest BCUT2D eigenvalue weighted by molar-refractivity contribution is 0.576. The first-order valence-corrected chi connectivity index (χ1v) is 6.89. The molecule has 0 saturated carbocycles. The number of hydrogen-bond donors (Lipinski definition) is 4. The molecule has 7 nitrogen and oxygen atoms in total. The van der Waals surface area contributed by atoms with Crippen LogP contribution in [-0.2, 0) is 10.0 Å². The topological polar surface area (TPSA) is 125 Å². The van der Waals surface area contributed by atoms with Crippen LogP contribution in [0.2, 0.25) is 0 Å². The molecule has 1 heterocycles. The van der Waals surface area contributed by atoms with Crippen molar-refractivity contribution in [3.8, 4) is 0 Å². The highest BCUT2D eigenvalue weighted by molar-refractivity contribution is 7.89. The summed E-state index contributed by atoms with van der Waals surface area (Å²) < 4.78 is 26.5. The van der Waals surface area contributed by atoms with Gasteiger partial charge in [-0.1, -0.05) is 30.3 Å². The highest BCUT2D eigenvalue weighted by Crippen LogP contribution is 2.16. The monoisotopic (exact) mass is 279 g/mol. The van der Waals surface area contributed by atoms with E-state index in [-0.39, 0.29) is 10.7 Å². The van der Waals surface area contributed by atoms with E-state index in [1.165, 1.54) is 12.4 Å². The van der Waals surface area contributed by atoms with Crippen molar-refractivity contribution in [2.45, 2.75) is 10.9 Å². The Balaban J connectivity index is 2.31. The molecular formula is C11H13N5O2S. The molecule has 1 aromatic carbocycles. The molecule has 0 radical (unpaired) electrons. The van der Waals surface area contributed by atoms with Crippen LogP contribution in [0.3, 0.4) is 0 Å². The predicted octanol–water partition coefficient (Wildman–Crippen LogP) is 0.365. The zero-order valence-corrected chi connectivity index (χ0v) is 10.7. The fourth-order valence-electron chi connectivity index (χ4n) is 1.57. The fourth-order valence-corrected chi connectivity index (χ4v) is 2.67. The predicted molar refractivity (Wildman–Crippen MR) is 70.0 cm³/mol. The van der Waals surface area contributed by atoms with Crippen molar-refractivity contribution in [2.75, 3.05) is 0 Å². The van der Waals surface area contributed by atoms with E-state index >= 15 is 0 Å². The number of rotatable bonds is 5. The van der Waals surface area contributed by atoms with Gasteiger partial charge in [-0.2, -0.15) is 9.82 Å². The standard InChI is InChI=1S/C11H13N5O2S/c12-11(13)10(8-4-2-1-3-5-8)16-19(17,18)9-6-14-15-7-9/h1-7,10,16H,(H3,12,13)(H,14,15). The smallest absolute Gasteiger partial charge is 0.244 e. The molecule has 1 unspecified atom stereocenters. The molecule has 2 rings (SSSR count). The van der Waals surface area contributed by atoms with Crippen LogP contribution in [0.15, 0.2) is 47.6 Å². The van der Waals surface area contributed by atoms with E-state index in [1.54, 1.807) is 30.3 Å². The first kappa shape index (κ1) is 13.2. The van der Waals surface area contributed by atoms with Crippen molar-refractivity contribution in [3.05, 3.63) is 48.3 Å². The molecular weight excluding hydrogens is 266 g/mol. The molecule has 8 heteroatoms. The zero-order chi connectivity index (χ0) is 13.9. The van der Waals surface area contributed by atoms with E-state index in [2.05, 4.69) is 14.9 Å². The molecule has 0 amide bonds. The number of hydrogen-bond acceptors (Lipinski definition) is 4. The molecule has 0 fully saturated rings. The normalized spacial score (nSPS) is 13.1. The van der Waals surface area contributed by atoms with Gasteiger partial charge < -0.3 is 5.73 Å². The minimum absolute atomic E-state index is 0.00492. The van der Waals surface area contributed by atoms with E-state index < -0.39 is 16.1 Å². The first-order chi connectivity index (χ1) is 9.00. The maximum absolute atomic E-state index is 12.1. The molecule has 1 atom stereocenters. The average Bonchev–Trinajstić information content (AvgIpc) is 2.91. The number of H-pyrrole nitrogens is 1. The second-order valence-electron chi connectivity index (χ2n) is 3.85. The fraction of sp³-hybridized carbons (Fsp3) is 0.0909. The highest BCUT2D eigenvalue weighted by Gasteiger charge is 2.24. The number of aromatic amines is 1. The van der Waals surface area contributed by atoms with Gasteiger partial charge >= 0.3 is 0 Å². The lowest BCUT2D eigenvalue weighted by atomic mass is 10.1. The summed E-state index contributed by atoms with van der Waals surface area (Å²) in [7, 11) is -3.77. The van der Waals surface area contributed by atoms with Crippen molar-refractivity contribution in [1.82, 2.24) is 14.9 Å². The number of nitrogens with one attached hydrogen (secondary N) is 3.